The van der Waals surface area contributed by atoms with Crippen LogP contribution in [-0.2, 0) is 6.42 Å². The summed E-state index contributed by atoms with van der Waals surface area (Å²) in [5.74, 6) is 0. The molecule has 0 radical (unpaired) electrons. The maximum absolute atomic E-state index is 2.28. The standard InChI is InChI=1S/C15H17N/c1-16(15-10-6-3-7-11-15)13-12-14-8-4-2-5-9-14/h2-11H,12-13H2,1H3. The van der Waals surface area contributed by atoms with Crippen molar-refractivity contribution in [3.8, 4) is 0 Å². The molecular weight excluding hydrogens is 194 g/mol. The van der Waals surface area contributed by atoms with Gasteiger partial charge in [-0.25, -0.2) is 0 Å². The van der Waals surface area contributed by atoms with Gasteiger partial charge in [0.05, 0.1) is 0 Å². The van der Waals surface area contributed by atoms with E-state index in [0.717, 1.165) is 13.0 Å². The monoisotopic (exact) mass is 211 g/mol. The molecule has 0 fully saturated rings. The lowest BCUT2D eigenvalue weighted by atomic mass is 10.1. The average Bonchev–Trinajstić information content (AvgIpc) is 2.38. The van der Waals surface area contributed by atoms with Gasteiger partial charge in [0, 0.05) is 19.3 Å². The maximum Gasteiger partial charge on any atom is 0.0363 e. The molecule has 16 heavy (non-hydrogen) atoms. The molecule has 2 aromatic rings. The second-order valence-corrected chi connectivity index (χ2v) is 3.99. The molecule has 0 aromatic heterocycles. The first-order valence-electron chi connectivity index (χ1n) is 5.66. The summed E-state index contributed by atoms with van der Waals surface area (Å²) in [6.45, 7) is 1.05. The minimum Gasteiger partial charge on any atom is -0.374 e. The second kappa shape index (κ2) is 5.36. The number of hydrogen-bond donors (Lipinski definition) is 0. The summed E-state index contributed by atoms with van der Waals surface area (Å²) in [7, 11) is 2.14. The van der Waals surface area contributed by atoms with Crippen LogP contribution in [0.1, 0.15) is 5.56 Å². The van der Waals surface area contributed by atoms with Crippen molar-refractivity contribution in [3.05, 3.63) is 66.2 Å². The van der Waals surface area contributed by atoms with Gasteiger partial charge in [-0.2, -0.15) is 0 Å². The molecule has 0 amide bonds. The normalized spacial score (nSPS) is 10.1. The summed E-state index contributed by atoms with van der Waals surface area (Å²) in [5, 5.41) is 0. The van der Waals surface area contributed by atoms with Crippen molar-refractivity contribution in [1.82, 2.24) is 0 Å². The van der Waals surface area contributed by atoms with Crippen LogP contribution in [-0.4, -0.2) is 13.6 Å². The molecule has 0 aliphatic rings. The lowest BCUT2D eigenvalue weighted by Gasteiger charge is -2.19. The van der Waals surface area contributed by atoms with Gasteiger partial charge in [0.25, 0.3) is 0 Å². The predicted octanol–water partition coefficient (Wildman–Crippen LogP) is 3.37. The molecule has 0 spiro atoms. The molecule has 2 rings (SSSR count). The molecule has 1 heteroatoms. The highest BCUT2D eigenvalue weighted by molar-refractivity contribution is 5.45. The van der Waals surface area contributed by atoms with Crippen molar-refractivity contribution >= 4 is 5.69 Å². The van der Waals surface area contributed by atoms with Gasteiger partial charge in [-0.05, 0) is 24.1 Å². The Morgan fingerprint density at radius 1 is 0.812 bits per heavy atom. The van der Waals surface area contributed by atoms with Crippen LogP contribution in [0.4, 0.5) is 5.69 Å². The van der Waals surface area contributed by atoms with Gasteiger partial charge in [0.15, 0.2) is 0 Å². The lowest BCUT2D eigenvalue weighted by molar-refractivity contribution is 0.877. The first-order chi connectivity index (χ1) is 7.86. The minimum absolute atomic E-state index is 1.05. The van der Waals surface area contributed by atoms with Crippen LogP contribution in [0.5, 0.6) is 0 Å². The zero-order chi connectivity index (χ0) is 11.2. The van der Waals surface area contributed by atoms with E-state index in [-0.39, 0.29) is 0 Å². The lowest BCUT2D eigenvalue weighted by Crippen LogP contribution is -2.19. The van der Waals surface area contributed by atoms with E-state index in [0.29, 0.717) is 0 Å². The molecule has 0 saturated carbocycles. The number of rotatable bonds is 4. The van der Waals surface area contributed by atoms with Crippen molar-refractivity contribution in [2.45, 2.75) is 6.42 Å². The SMILES string of the molecule is CN(CCc1ccccc1)c1ccccc1. The Kier molecular flexibility index (Phi) is 3.60. The van der Waals surface area contributed by atoms with Gasteiger partial charge in [-0.1, -0.05) is 48.5 Å². The fraction of sp³-hybridized carbons (Fsp3) is 0.200. The summed E-state index contributed by atoms with van der Waals surface area (Å²) in [4.78, 5) is 2.28. The summed E-state index contributed by atoms with van der Waals surface area (Å²) in [6, 6.07) is 21.1. The van der Waals surface area contributed by atoms with Crippen LogP contribution in [0, 0.1) is 0 Å². The van der Waals surface area contributed by atoms with Gasteiger partial charge < -0.3 is 4.90 Å². The summed E-state index contributed by atoms with van der Waals surface area (Å²) in [6.07, 6.45) is 1.09. The van der Waals surface area contributed by atoms with Crippen LogP contribution in [0.25, 0.3) is 0 Å². The Morgan fingerprint density at radius 2 is 1.38 bits per heavy atom. The van der Waals surface area contributed by atoms with Crippen molar-refractivity contribution in [3.63, 3.8) is 0 Å². The van der Waals surface area contributed by atoms with Crippen LogP contribution in [0.2, 0.25) is 0 Å². The Balaban J connectivity index is 1.92. The molecule has 0 heterocycles. The third-order valence-corrected chi connectivity index (χ3v) is 2.78. The second-order valence-electron chi connectivity index (χ2n) is 3.99. The number of hydrogen-bond acceptors (Lipinski definition) is 1. The quantitative estimate of drug-likeness (QED) is 0.749. The highest BCUT2D eigenvalue weighted by Crippen LogP contribution is 2.11. The molecule has 0 saturated heterocycles. The zero-order valence-corrected chi connectivity index (χ0v) is 9.63. The van der Waals surface area contributed by atoms with Crippen LogP contribution in [0.15, 0.2) is 60.7 Å². The fourth-order valence-corrected chi connectivity index (χ4v) is 1.75. The smallest absolute Gasteiger partial charge is 0.0363 e. The van der Waals surface area contributed by atoms with Crippen molar-refractivity contribution in [2.24, 2.45) is 0 Å². The third-order valence-electron chi connectivity index (χ3n) is 2.78. The molecule has 0 bridgehead atoms. The van der Waals surface area contributed by atoms with Gasteiger partial charge in [0.1, 0.15) is 0 Å². The van der Waals surface area contributed by atoms with Crippen molar-refractivity contribution in [1.29, 1.82) is 0 Å². The Morgan fingerprint density at radius 3 is 2.00 bits per heavy atom. The topological polar surface area (TPSA) is 3.24 Å². The molecule has 0 aliphatic carbocycles. The van der Waals surface area contributed by atoms with E-state index in [1.165, 1.54) is 11.3 Å². The summed E-state index contributed by atoms with van der Waals surface area (Å²) in [5.41, 5.74) is 2.67. The van der Waals surface area contributed by atoms with Gasteiger partial charge in [0.2, 0.25) is 0 Å². The first kappa shape index (κ1) is 10.7. The van der Waals surface area contributed by atoms with E-state index < -0.39 is 0 Å². The Labute approximate surface area is 97.3 Å². The third kappa shape index (κ3) is 2.86. The molecule has 0 N–H and O–H groups in total. The molecule has 1 nitrogen and oxygen atoms in total. The average molecular weight is 211 g/mol. The molecule has 2 aromatic carbocycles. The fourth-order valence-electron chi connectivity index (χ4n) is 1.75. The first-order valence-corrected chi connectivity index (χ1v) is 5.66. The van der Waals surface area contributed by atoms with Crippen molar-refractivity contribution in [2.75, 3.05) is 18.5 Å². The van der Waals surface area contributed by atoms with E-state index in [9.17, 15) is 0 Å². The highest BCUT2D eigenvalue weighted by atomic mass is 15.1. The minimum atomic E-state index is 1.05. The molecule has 82 valence electrons. The Hall–Kier alpha value is -1.76. The van der Waals surface area contributed by atoms with Gasteiger partial charge >= 0.3 is 0 Å². The van der Waals surface area contributed by atoms with Crippen LogP contribution < -0.4 is 4.90 Å². The summed E-state index contributed by atoms with van der Waals surface area (Å²) < 4.78 is 0. The highest BCUT2D eigenvalue weighted by Gasteiger charge is 1.99. The van der Waals surface area contributed by atoms with Crippen LogP contribution >= 0.6 is 0 Å². The van der Waals surface area contributed by atoms with Gasteiger partial charge in [-0.3, -0.25) is 0 Å². The van der Waals surface area contributed by atoms with Gasteiger partial charge in [-0.15, -0.1) is 0 Å². The van der Waals surface area contributed by atoms with Crippen LogP contribution in [0.3, 0.4) is 0 Å². The van der Waals surface area contributed by atoms with Crippen molar-refractivity contribution < 1.29 is 0 Å². The molecule has 0 unspecified atom stereocenters. The zero-order valence-electron chi connectivity index (χ0n) is 9.63. The largest absolute Gasteiger partial charge is 0.374 e. The number of para-hydroxylation sites is 1. The number of benzene rings is 2. The molecule has 0 atom stereocenters. The number of likely N-dealkylation sites (N-methyl/N-ethyl adjacent to an activating group) is 1. The number of anilines is 1. The van der Waals surface area contributed by atoms with E-state index in [1.807, 2.05) is 0 Å². The molecule has 0 aliphatic heterocycles. The molecular formula is C15H17N. The van der Waals surface area contributed by atoms with E-state index >= 15 is 0 Å². The number of nitrogens with zero attached hydrogens (tertiary/aromatic N) is 1. The maximum atomic E-state index is 2.28. The van der Waals surface area contributed by atoms with E-state index in [4.69, 9.17) is 0 Å². The summed E-state index contributed by atoms with van der Waals surface area (Å²) >= 11 is 0. The predicted molar refractivity (Wildman–Crippen MR) is 69.9 cm³/mol. The Bertz CT molecular complexity index is 408. The van der Waals surface area contributed by atoms with E-state index in [2.05, 4.69) is 72.6 Å². The van der Waals surface area contributed by atoms with E-state index in [1.54, 1.807) is 0 Å².